The monoisotopic (exact) mass is 589 g/mol. The Morgan fingerprint density at radius 2 is 1.56 bits per heavy atom. The molecule has 9 nitrogen and oxygen atoms in total. The zero-order valence-corrected chi connectivity index (χ0v) is 25.7. The van der Waals surface area contributed by atoms with Gasteiger partial charge in [0.1, 0.15) is 18.1 Å². The number of nitrogens with zero attached hydrogens (tertiary/aromatic N) is 1. The van der Waals surface area contributed by atoms with E-state index in [1.54, 1.807) is 25.2 Å². The molecule has 43 heavy (non-hydrogen) atoms. The Hall–Kier alpha value is -4.24. The number of carbonyl (C=O) groups is 2. The van der Waals surface area contributed by atoms with Gasteiger partial charge in [-0.2, -0.15) is 0 Å². The summed E-state index contributed by atoms with van der Waals surface area (Å²) >= 11 is 0. The summed E-state index contributed by atoms with van der Waals surface area (Å²) in [6.45, 7) is 6.49. The molecule has 0 saturated heterocycles. The Kier molecular flexibility index (Phi) is 10.9. The first-order chi connectivity index (χ1) is 20.7. The molecule has 0 aliphatic heterocycles. The van der Waals surface area contributed by atoms with Gasteiger partial charge in [-0.15, -0.1) is 0 Å². The summed E-state index contributed by atoms with van der Waals surface area (Å²) in [5.74, 6) is 1.15. The van der Waals surface area contributed by atoms with Crippen LogP contribution in [0, 0.1) is 0 Å². The summed E-state index contributed by atoms with van der Waals surface area (Å²) in [6, 6.07) is 22.5. The maximum absolute atomic E-state index is 14.1. The molecule has 0 unspecified atom stereocenters. The number of alkyl carbamates (subject to hydrolysis) is 1. The number of para-hydroxylation sites is 1. The summed E-state index contributed by atoms with van der Waals surface area (Å²) in [7, 11) is 3.16. The van der Waals surface area contributed by atoms with Crippen molar-refractivity contribution in [1.82, 2.24) is 5.32 Å². The summed E-state index contributed by atoms with van der Waals surface area (Å²) in [6.07, 6.45) is 2.43. The molecule has 9 heteroatoms. The average molecular weight is 590 g/mol. The number of urea groups is 1. The molecule has 3 aromatic rings. The molecule has 0 spiro atoms. The molecule has 3 aromatic carbocycles. The fraction of sp³-hybridized carbons (Fsp3) is 0.412. The van der Waals surface area contributed by atoms with Crippen molar-refractivity contribution in [3.8, 4) is 11.5 Å². The van der Waals surface area contributed by atoms with Crippen molar-refractivity contribution in [1.29, 1.82) is 0 Å². The molecule has 1 saturated carbocycles. The van der Waals surface area contributed by atoms with Gasteiger partial charge < -0.3 is 29.6 Å². The van der Waals surface area contributed by atoms with Crippen molar-refractivity contribution in [2.75, 3.05) is 31.2 Å². The molecule has 0 radical (unpaired) electrons. The van der Waals surface area contributed by atoms with Crippen LogP contribution in [0.15, 0.2) is 72.8 Å². The van der Waals surface area contributed by atoms with Crippen molar-refractivity contribution in [2.45, 2.75) is 70.6 Å². The van der Waals surface area contributed by atoms with Gasteiger partial charge in [-0.1, -0.05) is 69.3 Å². The minimum absolute atomic E-state index is 0.0259. The van der Waals surface area contributed by atoms with Crippen molar-refractivity contribution in [3.05, 3.63) is 83.9 Å². The lowest BCUT2D eigenvalue weighted by molar-refractivity contribution is 0.0503. The third kappa shape index (κ3) is 8.64. The van der Waals surface area contributed by atoms with Gasteiger partial charge in [0.05, 0.1) is 12.8 Å². The Morgan fingerprint density at radius 1 is 0.907 bits per heavy atom. The number of carbonyl (C=O) groups excluding carboxylic acids is 2. The second kappa shape index (κ2) is 14.8. The minimum Gasteiger partial charge on any atom is -0.497 e. The van der Waals surface area contributed by atoms with Crippen LogP contribution in [0.2, 0.25) is 0 Å². The topological polar surface area (TPSA) is 98.4 Å². The highest BCUT2D eigenvalue weighted by Crippen LogP contribution is 2.41. The zero-order chi connectivity index (χ0) is 30.8. The van der Waals surface area contributed by atoms with Crippen LogP contribution in [0.5, 0.6) is 11.5 Å². The number of amides is 3. The predicted molar refractivity (Wildman–Crippen MR) is 168 cm³/mol. The normalized spacial score (nSPS) is 16.6. The average Bonchev–Trinajstić information content (AvgIpc) is 3.00. The molecule has 3 amide bonds. The van der Waals surface area contributed by atoms with Gasteiger partial charge in [-0.25, -0.2) is 9.59 Å². The van der Waals surface area contributed by atoms with Gasteiger partial charge in [0.15, 0.2) is 6.79 Å². The van der Waals surface area contributed by atoms with Crippen LogP contribution in [0.4, 0.5) is 21.0 Å². The fourth-order valence-electron chi connectivity index (χ4n) is 5.31. The maximum atomic E-state index is 14.1. The number of rotatable bonds is 10. The standard InChI is InChI=1S/C34H43N3O6/c1-34(2,3)29-20-28(41-5)21-30(31(29)43-23-40-4)36-32(38)37(26-14-10-7-11-15-26)27-18-16-25(17-19-27)35-33(39)42-22-24-12-8-6-9-13-24/h6-15,20-21,25,27H,16-19,22-23H2,1-5H3,(H,35,39)(H,36,38). The molecular weight excluding hydrogens is 546 g/mol. The molecule has 1 aliphatic rings. The molecule has 0 atom stereocenters. The molecule has 0 heterocycles. The lowest BCUT2D eigenvalue weighted by atomic mass is 9.85. The van der Waals surface area contributed by atoms with Gasteiger partial charge in [-0.3, -0.25) is 4.90 Å². The van der Waals surface area contributed by atoms with E-state index < -0.39 is 6.09 Å². The highest BCUT2D eigenvalue weighted by molar-refractivity contribution is 6.03. The first kappa shape index (κ1) is 31.7. The SMILES string of the molecule is COCOc1c(NC(=O)N(c2ccccc2)C2CCC(NC(=O)OCc3ccccc3)CC2)cc(OC)cc1C(C)(C)C. The predicted octanol–water partition coefficient (Wildman–Crippen LogP) is 7.25. The first-order valence-corrected chi connectivity index (χ1v) is 14.7. The van der Waals surface area contributed by atoms with E-state index in [1.165, 1.54) is 0 Å². The molecule has 1 fully saturated rings. The molecule has 230 valence electrons. The Balaban J connectivity index is 1.49. The van der Waals surface area contributed by atoms with Crippen molar-refractivity contribution >= 4 is 23.5 Å². The number of nitrogens with one attached hydrogen (secondary N) is 2. The number of hydrogen-bond donors (Lipinski definition) is 2. The van der Waals surface area contributed by atoms with Gasteiger partial charge in [0, 0.05) is 36.5 Å². The zero-order valence-electron chi connectivity index (χ0n) is 25.7. The van der Waals surface area contributed by atoms with E-state index in [2.05, 4.69) is 31.4 Å². The highest BCUT2D eigenvalue weighted by atomic mass is 16.7. The molecule has 0 bridgehead atoms. The van der Waals surface area contributed by atoms with E-state index in [1.807, 2.05) is 66.7 Å². The largest absolute Gasteiger partial charge is 0.497 e. The second-order valence-electron chi connectivity index (χ2n) is 11.7. The first-order valence-electron chi connectivity index (χ1n) is 14.7. The lowest BCUT2D eigenvalue weighted by Gasteiger charge is -2.37. The summed E-state index contributed by atoms with van der Waals surface area (Å²) in [5, 5.41) is 6.11. The van der Waals surface area contributed by atoms with E-state index >= 15 is 0 Å². The van der Waals surface area contributed by atoms with Gasteiger partial charge in [0.25, 0.3) is 0 Å². The van der Waals surface area contributed by atoms with Crippen LogP contribution in [0.1, 0.15) is 57.6 Å². The Bertz CT molecular complexity index is 1340. The van der Waals surface area contributed by atoms with Gasteiger partial charge in [-0.05, 0) is 54.9 Å². The minimum atomic E-state index is -0.429. The van der Waals surface area contributed by atoms with Crippen LogP contribution >= 0.6 is 0 Å². The summed E-state index contributed by atoms with van der Waals surface area (Å²) in [5.41, 5.74) is 2.83. The highest BCUT2D eigenvalue weighted by Gasteiger charge is 2.32. The summed E-state index contributed by atoms with van der Waals surface area (Å²) in [4.78, 5) is 28.3. The van der Waals surface area contributed by atoms with Gasteiger partial charge >= 0.3 is 12.1 Å². The molecule has 0 aromatic heterocycles. The van der Waals surface area contributed by atoms with E-state index in [0.29, 0.717) is 30.0 Å². The van der Waals surface area contributed by atoms with Crippen molar-refractivity contribution in [3.63, 3.8) is 0 Å². The molecule has 1 aliphatic carbocycles. The van der Waals surface area contributed by atoms with Crippen LogP contribution in [0.25, 0.3) is 0 Å². The Morgan fingerprint density at radius 3 is 2.16 bits per heavy atom. The molecule has 2 N–H and O–H groups in total. The number of anilines is 2. The maximum Gasteiger partial charge on any atom is 0.407 e. The smallest absolute Gasteiger partial charge is 0.407 e. The second-order valence-corrected chi connectivity index (χ2v) is 11.7. The summed E-state index contributed by atoms with van der Waals surface area (Å²) < 4.78 is 22.2. The van der Waals surface area contributed by atoms with Crippen molar-refractivity contribution < 1.29 is 28.5 Å². The number of methoxy groups -OCH3 is 2. The van der Waals surface area contributed by atoms with E-state index in [-0.39, 0.29) is 36.9 Å². The van der Waals surface area contributed by atoms with Crippen LogP contribution < -0.4 is 25.0 Å². The fourth-order valence-corrected chi connectivity index (χ4v) is 5.31. The van der Waals surface area contributed by atoms with Crippen LogP contribution in [-0.2, 0) is 21.5 Å². The third-order valence-electron chi connectivity index (χ3n) is 7.52. The number of benzene rings is 3. The van der Waals surface area contributed by atoms with E-state index in [4.69, 9.17) is 18.9 Å². The Labute approximate surface area is 254 Å². The van der Waals surface area contributed by atoms with Crippen LogP contribution in [0.3, 0.4) is 0 Å². The van der Waals surface area contributed by atoms with Gasteiger partial charge in [0.2, 0.25) is 0 Å². The molecule has 4 rings (SSSR count). The van der Waals surface area contributed by atoms with Crippen LogP contribution in [-0.4, -0.2) is 45.2 Å². The van der Waals surface area contributed by atoms with E-state index in [9.17, 15) is 9.59 Å². The lowest BCUT2D eigenvalue weighted by Crippen LogP contribution is -2.48. The molecular formula is C34H43N3O6. The number of ether oxygens (including phenoxy) is 4. The number of hydrogen-bond acceptors (Lipinski definition) is 6. The quantitative estimate of drug-likeness (QED) is 0.242. The third-order valence-corrected chi connectivity index (χ3v) is 7.52. The van der Waals surface area contributed by atoms with Crippen molar-refractivity contribution in [2.24, 2.45) is 0 Å². The van der Waals surface area contributed by atoms with E-state index in [0.717, 1.165) is 29.7 Å².